The molecule has 1 atom stereocenters. The van der Waals surface area contributed by atoms with Gasteiger partial charge >= 0.3 is 0 Å². The maximum atomic E-state index is 14.8. The van der Waals surface area contributed by atoms with Crippen molar-refractivity contribution >= 4 is 62.0 Å². The lowest BCUT2D eigenvalue weighted by Gasteiger charge is -2.17. The van der Waals surface area contributed by atoms with Crippen LogP contribution in [0.25, 0.3) is 49.9 Å². The molecule has 0 spiro atoms. The van der Waals surface area contributed by atoms with Gasteiger partial charge in [-0.05, 0) is 116 Å². The molecule has 1 saturated heterocycles. The third kappa shape index (κ3) is 14.6. The van der Waals surface area contributed by atoms with Gasteiger partial charge in [-0.15, -0.1) is 11.3 Å². The minimum atomic E-state index is -0.0895. The molecule has 10 heteroatoms. The molecule has 1 fully saturated rings. The number of rotatable bonds is 30. The molecule has 402 valence electrons. The van der Waals surface area contributed by atoms with Crippen LogP contribution in [0.5, 0.6) is 11.5 Å². The number of thiocarbonyl (C=S) groups is 1. The summed E-state index contributed by atoms with van der Waals surface area (Å²) in [6, 6.07) is 26.6. The van der Waals surface area contributed by atoms with Gasteiger partial charge in [0.15, 0.2) is 0 Å². The van der Waals surface area contributed by atoms with E-state index in [1.54, 1.807) is 9.47 Å². The van der Waals surface area contributed by atoms with E-state index in [0.717, 1.165) is 109 Å². The minimum Gasteiger partial charge on any atom is -0.493 e. The quantitative estimate of drug-likeness (QED) is 0.0331. The highest BCUT2D eigenvalue weighted by molar-refractivity contribution is 8.30. The van der Waals surface area contributed by atoms with Gasteiger partial charge in [0.25, 0.3) is 11.5 Å². The van der Waals surface area contributed by atoms with E-state index in [-0.39, 0.29) is 11.5 Å². The van der Waals surface area contributed by atoms with Crippen molar-refractivity contribution in [3.63, 3.8) is 0 Å². The largest absolute Gasteiger partial charge is 0.493 e. The van der Waals surface area contributed by atoms with Crippen LogP contribution >= 0.6 is 35.3 Å². The zero-order valence-electron chi connectivity index (χ0n) is 46.6. The Morgan fingerprint density at radius 1 is 0.667 bits per heavy atom. The maximum Gasteiger partial charge on any atom is 0.269 e. The molecule has 0 bridgehead atoms. The van der Waals surface area contributed by atoms with Crippen LogP contribution in [-0.2, 0) is 17.8 Å². The molecule has 0 N–H and O–H groups in total. The number of thioether (sulfide) groups is 1. The molecule has 1 amide bonds. The molecule has 6 aromatic rings. The van der Waals surface area contributed by atoms with Gasteiger partial charge < -0.3 is 13.9 Å². The first kappa shape index (κ1) is 57.8. The topological polar surface area (TPSA) is 65.2 Å². The van der Waals surface area contributed by atoms with E-state index in [4.69, 9.17) is 21.7 Å². The number of carbonyl (C=O) groups is 1. The van der Waals surface area contributed by atoms with Crippen LogP contribution in [0, 0.1) is 19.8 Å². The fraction of sp³-hybridized carbons (Fsp3) is 0.492. The van der Waals surface area contributed by atoms with Crippen molar-refractivity contribution in [1.29, 1.82) is 0 Å². The molecule has 3 aromatic carbocycles. The summed E-state index contributed by atoms with van der Waals surface area (Å²) in [5, 5.41) is 0. The van der Waals surface area contributed by atoms with Crippen LogP contribution in [-0.4, -0.2) is 43.9 Å². The molecule has 1 aliphatic rings. The summed E-state index contributed by atoms with van der Waals surface area (Å²) in [5.41, 5.74) is 12.5. The maximum absolute atomic E-state index is 14.8. The van der Waals surface area contributed by atoms with Crippen molar-refractivity contribution < 1.29 is 14.3 Å². The summed E-state index contributed by atoms with van der Waals surface area (Å²) < 4.78 is 18.8. The number of benzene rings is 3. The predicted molar refractivity (Wildman–Crippen MR) is 325 cm³/mol. The minimum absolute atomic E-state index is 0.0870. The lowest BCUT2D eigenvalue weighted by atomic mass is 9.88. The molecule has 0 radical (unpaired) electrons. The first-order valence-electron chi connectivity index (χ1n) is 28.8. The number of nitrogens with zero attached hydrogens (tertiary/aromatic N) is 3. The molecular weight excluding hydrogens is 983 g/mol. The van der Waals surface area contributed by atoms with Crippen LogP contribution < -0.4 is 24.2 Å². The summed E-state index contributed by atoms with van der Waals surface area (Å²) >= 11 is 8.61. The highest BCUT2D eigenvalue weighted by Gasteiger charge is 2.34. The molecule has 3 aromatic heterocycles. The Morgan fingerprint density at radius 3 is 2.00 bits per heavy atom. The normalized spacial score (nSPS) is 14.2. The molecule has 4 heterocycles. The van der Waals surface area contributed by atoms with Gasteiger partial charge in [-0.2, -0.15) is 0 Å². The summed E-state index contributed by atoms with van der Waals surface area (Å²) in [4.78, 5) is 31.3. The number of aryl methyl sites for hydroxylation is 2. The van der Waals surface area contributed by atoms with Gasteiger partial charge in [0, 0.05) is 36.5 Å². The number of pyridine rings is 1. The summed E-state index contributed by atoms with van der Waals surface area (Å²) in [5.74, 6) is 2.08. The molecule has 1 aliphatic heterocycles. The van der Waals surface area contributed by atoms with Crippen molar-refractivity contribution in [3.05, 3.63) is 121 Å². The second-order valence-electron chi connectivity index (χ2n) is 20.8. The average molecular weight is 1070 g/mol. The van der Waals surface area contributed by atoms with Crippen molar-refractivity contribution in [2.75, 3.05) is 19.8 Å². The van der Waals surface area contributed by atoms with Crippen molar-refractivity contribution in [3.8, 4) is 44.9 Å². The van der Waals surface area contributed by atoms with Crippen molar-refractivity contribution in [2.45, 2.75) is 184 Å². The molecule has 0 saturated carbocycles. The van der Waals surface area contributed by atoms with Gasteiger partial charge in [-0.1, -0.05) is 203 Å². The zero-order chi connectivity index (χ0) is 53.3. The second kappa shape index (κ2) is 29.0. The Bertz CT molecular complexity index is 3040. The highest BCUT2D eigenvalue weighted by atomic mass is 32.2. The number of unbranched alkanes of at least 4 members (excludes halogenated alkanes) is 12. The lowest BCUT2D eigenvalue weighted by molar-refractivity contribution is -0.120. The number of amides is 1. The number of fused-ring (bicyclic) bond motifs is 1. The Kier molecular flexibility index (Phi) is 22.4. The van der Waals surface area contributed by atoms with E-state index < -0.39 is 0 Å². The summed E-state index contributed by atoms with van der Waals surface area (Å²) in [6.07, 6.45) is 25.7. The van der Waals surface area contributed by atoms with Crippen LogP contribution in [0.15, 0.2) is 83.8 Å². The fourth-order valence-corrected chi connectivity index (χ4v) is 13.2. The van der Waals surface area contributed by atoms with Gasteiger partial charge in [-0.3, -0.25) is 19.1 Å². The molecule has 1 unspecified atom stereocenters. The molecule has 0 aliphatic carbocycles. The van der Waals surface area contributed by atoms with Gasteiger partial charge in [0.05, 0.1) is 29.0 Å². The van der Waals surface area contributed by atoms with Crippen LogP contribution in [0.3, 0.4) is 0 Å². The summed E-state index contributed by atoms with van der Waals surface area (Å²) in [7, 11) is 0. The lowest BCUT2D eigenvalue weighted by Crippen LogP contribution is -2.33. The fourth-order valence-electron chi connectivity index (χ4n) is 10.6. The smallest absolute Gasteiger partial charge is 0.269 e. The monoisotopic (exact) mass is 1070 g/mol. The van der Waals surface area contributed by atoms with Crippen molar-refractivity contribution in [1.82, 2.24) is 13.9 Å². The van der Waals surface area contributed by atoms with Gasteiger partial charge in [0.2, 0.25) is 0 Å². The Balaban J connectivity index is 1.39. The van der Waals surface area contributed by atoms with E-state index in [9.17, 15) is 9.59 Å². The Morgan fingerprint density at radius 2 is 1.32 bits per heavy atom. The molecule has 7 rings (SSSR count). The number of thiazole rings is 1. The first-order chi connectivity index (χ1) is 36.5. The number of aromatic nitrogens is 2. The molecule has 7 nitrogen and oxygen atoms in total. The molecular formula is C65H85N3O4S3. The highest BCUT2D eigenvalue weighted by Crippen LogP contribution is 2.41. The number of hydrogen-bond acceptors (Lipinski definition) is 7. The second-order valence-corrected chi connectivity index (χ2v) is 23.5. The van der Waals surface area contributed by atoms with E-state index in [2.05, 4.69) is 138 Å². The third-order valence-electron chi connectivity index (χ3n) is 15.0. The number of ether oxygens (including phenoxy) is 2. The van der Waals surface area contributed by atoms with Crippen LogP contribution in [0.4, 0.5) is 0 Å². The number of carbonyl (C=O) groups excluding carboxylic acids is 1. The number of hydrogen-bond donors (Lipinski definition) is 0. The SMILES string of the molecule is CCCCCCCCN1C(=O)/C(=c2\s/c(=C\c3c(-c4ccc(-c5ccc(OCCCCCC)cc5OCCCCCC)cc4)c(CC(CC)CCCC)c4cc(-c5ccc(C)cc5C)ccn34)c(=O)n2CC)SC1=S. The molecule has 75 heavy (non-hydrogen) atoms. The third-order valence-corrected chi connectivity index (χ3v) is 17.7. The average Bonchev–Trinajstić information content (AvgIpc) is 4.02. The van der Waals surface area contributed by atoms with E-state index in [1.807, 2.05) is 6.92 Å². The van der Waals surface area contributed by atoms with Gasteiger partial charge in [-0.25, -0.2) is 0 Å². The standard InChI is InChI=1S/C65H85N3O4S3/c1-9-15-19-22-23-24-37-68-63(70)61(75-65(68)73)64-66(14-6)62(69)59(74-64)45-57-60(55(42-48(13-5)27-18-12-4)56-43-51(36-38-67(56)57)53-34-28-46(7)41-47(53)8)50-31-29-49(30-32-50)54-35-33-52(71-39-25-20-16-10-2)44-58(54)72-40-26-21-17-11-3/h28-36,38,41,43-45,48H,9-27,37,39-40,42H2,1-8H3/b59-45-,64-61+. The van der Waals surface area contributed by atoms with Gasteiger partial charge in [0.1, 0.15) is 25.4 Å². The van der Waals surface area contributed by atoms with E-state index in [0.29, 0.717) is 50.6 Å². The first-order valence-corrected chi connectivity index (χ1v) is 30.8. The zero-order valence-corrected chi connectivity index (χ0v) is 49.1. The Hall–Kier alpha value is -4.90. The van der Waals surface area contributed by atoms with E-state index >= 15 is 0 Å². The summed E-state index contributed by atoms with van der Waals surface area (Å²) in [6.45, 7) is 20.1. The van der Waals surface area contributed by atoms with Crippen molar-refractivity contribution in [2.24, 2.45) is 5.92 Å². The van der Waals surface area contributed by atoms with Crippen LogP contribution in [0.2, 0.25) is 0 Å². The van der Waals surface area contributed by atoms with Crippen LogP contribution in [0.1, 0.15) is 180 Å². The van der Waals surface area contributed by atoms with E-state index in [1.165, 1.54) is 109 Å². The predicted octanol–water partition coefficient (Wildman–Crippen LogP) is 16.6. The Labute approximate surface area is 462 Å².